The van der Waals surface area contributed by atoms with E-state index in [0.717, 1.165) is 28.8 Å². The van der Waals surface area contributed by atoms with Crippen LogP contribution in [-0.2, 0) is 11.2 Å². The maximum absolute atomic E-state index is 13.2. The zero-order valence-electron chi connectivity index (χ0n) is 17.3. The summed E-state index contributed by atoms with van der Waals surface area (Å²) in [4.78, 5) is 30.2. The monoisotopic (exact) mass is 414 g/mol. The van der Waals surface area contributed by atoms with E-state index < -0.39 is 0 Å². The first-order chi connectivity index (χ1) is 15.1. The highest BCUT2D eigenvalue weighted by Gasteiger charge is 2.41. The van der Waals surface area contributed by atoms with Crippen molar-refractivity contribution in [3.8, 4) is 0 Å². The van der Waals surface area contributed by atoms with E-state index in [9.17, 15) is 9.59 Å². The highest BCUT2D eigenvalue weighted by Crippen LogP contribution is 2.39. The second kappa shape index (κ2) is 7.43. The van der Waals surface area contributed by atoms with Crippen molar-refractivity contribution in [2.45, 2.75) is 19.4 Å². The van der Waals surface area contributed by atoms with E-state index in [1.54, 1.807) is 12.1 Å². The number of rotatable bonds is 5. The van der Waals surface area contributed by atoms with Gasteiger partial charge in [-0.05, 0) is 42.7 Å². The van der Waals surface area contributed by atoms with Gasteiger partial charge in [0.05, 0.1) is 18.7 Å². The van der Waals surface area contributed by atoms with Crippen molar-refractivity contribution in [2.24, 2.45) is 0 Å². The van der Waals surface area contributed by atoms with E-state index >= 15 is 0 Å². The van der Waals surface area contributed by atoms with Gasteiger partial charge >= 0.3 is 5.97 Å². The van der Waals surface area contributed by atoms with Crippen LogP contribution in [0.5, 0.6) is 0 Å². The largest absolute Gasteiger partial charge is 0.465 e. The molecule has 4 aromatic rings. The predicted octanol–water partition coefficient (Wildman–Crippen LogP) is 3.77. The molecule has 0 radical (unpaired) electrons. The highest BCUT2D eigenvalue weighted by atomic mass is 16.5. The number of amides is 1. The Balaban J connectivity index is 1.48. The SMILES string of the molecule is COC(=O)c1ccc([C@@H]2c3c(n[nH]c3C)C(=O)N2CCc2c[nH]c3ccccc23)cc1. The van der Waals surface area contributed by atoms with Gasteiger partial charge in [0.15, 0.2) is 5.69 Å². The fourth-order valence-corrected chi connectivity index (χ4v) is 4.42. The van der Waals surface area contributed by atoms with Crippen LogP contribution < -0.4 is 0 Å². The molecule has 3 heterocycles. The van der Waals surface area contributed by atoms with Crippen molar-refractivity contribution in [1.82, 2.24) is 20.1 Å². The van der Waals surface area contributed by atoms with Crippen LogP contribution in [-0.4, -0.2) is 45.6 Å². The zero-order valence-corrected chi connectivity index (χ0v) is 17.3. The van der Waals surface area contributed by atoms with E-state index in [1.165, 1.54) is 18.1 Å². The summed E-state index contributed by atoms with van der Waals surface area (Å²) in [5.41, 5.74) is 5.91. The van der Waals surface area contributed by atoms with Crippen molar-refractivity contribution >= 4 is 22.8 Å². The molecule has 2 aromatic carbocycles. The Bertz CT molecular complexity index is 1290. The first kappa shape index (κ1) is 19.1. The summed E-state index contributed by atoms with van der Waals surface area (Å²) in [6, 6.07) is 15.1. The predicted molar refractivity (Wildman–Crippen MR) is 116 cm³/mol. The van der Waals surface area contributed by atoms with Gasteiger partial charge in [0.1, 0.15) is 0 Å². The minimum atomic E-state index is -0.384. The summed E-state index contributed by atoms with van der Waals surface area (Å²) < 4.78 is 4.80. The normalized spacial score (nSPS) is 15.5. The van der Waals surface area contributed by atoms with Gasteiger partial charge in [-0.3, -0.25) is 9.89 Å². The van der Waals surface area contributed by atoms with Crippen molar-refractivity contribution in [1.29, 1.82) is 0 Å². The minimum Gasteiger partial charge on any atom is -0.465 e. The standard InChI is InChI=1S/C24H22N4O3/c1-14-20-21(27-26-14)23(29)28(12-11-17-13-25-19-6-4-3-5-18(17)19)22(20)15-7-9-16(10-8-15)24(30)31-2/h3-10,13,22,25H,11-12H2,1-2H3,(H,26,27)/t22-/m1/s1. The van der Waals surface area contributed by atoms with Crippen LogP contribution in [0.2, 0.25) is 0 Å². The Kier molecular flexibility index (Phi) is 4.58. The number of para-hydroxylation sites is 1. The number of methoxy groups -OCH3 is 1. The minimum absolute atomic E-state index is 0.0822. The number of aromatic amines is 2. The molecule has 1 amide bonds. The Hall–Kier alpha value is -3.87. The fraction of sp³-hybridized carbons (Fsp3) is 0.208. The molecule has 7 heteroatoms. The molecule has 1 aliphatic rings. The summed E-state index contributed by atoms with van der Waals surface area (Å²) in [5, 5.41) is 8.38. The average molecular weight is 414 g/mol. The molecule has 0 bridgehead atoms. The molecule has 0 unspecified atom stereocenters. The van der Waals surface area contributed by atoms with Crippen LogP contribution in [0, 0.1) is 6.92 Å². The van der Waals surface area contributed by atoms with Crippen molar-refractivity contribution in [3.05, 3.63) is 88.4 Å². The van der Waals surface area contributed by atoms with Gasteiger partial charge in [0.2, 0.25) is 0 Å². The number of aromatic nitrogens is 3. The van der Waals surface area contributed by atoms with Gasteiger partial charge in [0, 0.05) is 34.9 Å². The third-order valence-corrected chi connectivity index (χ3v) is 5.99. The van der Waals surface area contributed by atoms with E-state index in [1.807, 2.05) is 48.4 Å². The molecule has 0 saturated carbocycles. The third kappa shape index (κ3) is 3.09. The lowest BCUT2D eigenvalue weighted by atomic mass is 9.98. The lowest BCUT2D eigenvalue weighted by Gasteiger charge is -2.26. The van der Waals surface area contributed by atoms with E-state index in [2.05, 4.69) is 21.2 Å². The molecule has 2 N–H and O–H groups in total. The van der Waals surface area contributed by atoms with Crippen LogP contribution in [0.1, 0.15) is 49.3 Å². The summed E-state index contributed by atoms with van der Waals surface area (Å²) >= 11 is 0. The van der Waals surface area contributed by atoms with Gasteiger partial charge in [-0.15, -0.1) is 0 Å². The molecular weight excluding hydrogens is 392 g/mol. The number of nitrogens with one attached hydrogen (secondary N) is 2. The number of fused-ring (bicyclic) bond motifs is 2. The molecule has 31 heavy (non-hydrogen) atoms. The number of carbonyl (C=O) groups excluding carboxylic acids is 2. The summed E-state index contributed by atoms with van der Waals surface area (Å²) in [5.74, 6) is -0.466. The van der Waals surface area contributed by atoms with Gasteiger partial charge < -0.3 is 14.6 Å². The first-order valence-electron chi connectivity index (χ1n) is 10.2. The Labute approximate surface area is 179 Å². The maximum atomic E-state index is 13.2. The molecule has 1 atom stereocenters. The third-order valence-electron chi connectivity index (χ3n) is 5.99. The van der Waals surface area contributed by atoms with Crippen LogP contribution >= 0.6 is 0 Å². The Morgan fingerprint density at radius 2 is 1.94 bits per heavy atom. The average Bonchev–Trinajstić information content (AvgIpc) is 3.46. The first-order valence-corrected chi connectivity index (χ1v) is 10.2. The molecule has 7 nitrogen and oxygen atoms in total. The molecule has 0 aliphatic carbocycles. The zero-order chi connectivity index (χ0) is 21.5. The highest BCUT2D eigenvalue weighted by molar-refractivity contribution is 5.98. The number of carbonyl (C=O) groups is 2. The number of nitrogens with zero attached hydrogens (tertiary/aromatic N) is 2. The smallest absolute Gasteiger partial charge is 0.337 e. The molecule has 0 spiro atoms. The fourth-order valence-electron chi connectivity index (χ4n) is 4.42. The molecule has 1 aliphatic heterocycles. The number of hydrogen-bond acceptors (Lipinski definition) is 4. The van der Waals surface area contributed by atoms with Crippen LogP contribution in [0.25, 0.3) is 10.9 Å². The number of hydrogen-bond donors (Lipinski definition) is 2. The Morgan fingerprint density at radius 3 is 2.71 bits per heavy atom. The maximum Gasteiger partial charge on any atom is 0.337 e. The van der Waals surface area contributed by atoms with E-state index in [4.69, 9.17) is 4.74 Å². The topological polar surface area (TPSA) is 91.1 Å². The molecule has 0 fully saturated rings. The number of ether oxygens (including phenoxy) is 1. The van der Waals surface area contributed by atoms with Gasteiger partial charge in [-0.2, -0.15) is 5.10 Å². The number of esters is 1. The van der Waals surface area contributed by atoms with E-state index in [-0.39, 0.29) is 17.9 Å². The second-order valence-electron chi connectivity index (χ2n) is 7.74. The lowest BCUT2D eigenvalue weighted by Crippen LogP contribution is -2.31. The molecule has 5 rings (SSSR count). The molecular formula is C24H22N4O3. The van der Waals surface area contributed by atoms with E-state index in [0.29, 0.717) is 17.8 Å². The van der Waals surface area contributed by atoms with Crippen LogP contribution in [0.3, 0.4) is 0 Å². The summed E-state index contributed by atoms with van der Waals surface area (Å²) in [6.45, 7) is 2.48. The van der Waals surface area contributed by atoms with Crippen molar-refractivity contribution < 1.29 is 14.3 Å². The summed E-state index contributed by atoms with van der Waals surface area (Å²) in [7, 11) is 1.36. The van der Waals surface area contributed by atoms with Gasteiger partial charge in [-0.1, -0.05) is 30.3 Å². The number of aryl methyl sites for hydroxylation is 1. The Morgan fingerprint density at radius 1 is 1.16 bits per heavy atom. The number of H-pyrrole nitrogens is 2. The van der Waals surface area contributed by atoms with Crippen molar-refractivity contribution in [3.63, 3.8) is 0 Å². The molecule has 156 valence electrons. The van der Waals surface area contributed by atoms with Gasteiger partial charge in [-0.25, -0.2) is 4.79 Å². The van der Waals surface area contributed by atoms with Crippen LogP contribution in [0.4, 0.5) is 0 Å². The summed E-state index contributed by atoms with van der Waals surface area (Å²) in [6.07, 6.45) is 2.73. The van der Waals surface area contributed by atoms with Crippen LogP contribution in [0.15, 0.2) is 54.7 Å². The van der Waals surface area contributed by atoms with Crippen molar-refractivity contribution in [2.75, 3.05) is 13.7 Å². The molecule has 2 aromatic heterocycles. The lowest BCUT2D eigenvalue weighted by molar-refractivity contribution is 0.0600. The van der Waals surface area contributed by atoms with Gasteiger partial charge in [0.25, 0.3) is 5.91 Å². The number of benzene rings is 2. The second-order valence-corrected chi connectivity index (χ2v) is 7.74. The molecule has 0 saturated heterocycles. The quantitative estimate of drug-likeness (QED) is 0.486.